The number of tetrazole rings is 1. The smallest absolute Gasteiger partial charge is 0.205 e. The number of hydrazone groups is 1. The zero-order chi connectivity index (χ0) is 14.7. The first-order valence-electron chi connectivity index (χ1n) is 5.75. The van der Waals surface area contributed by atoms with Crippen molar-refractivity contribution in [3.05, 3.63) is 40.5 Å². The molecule has 0 aliphatic carbocycles. The van der Waals surface area contributed by atoms with Crippen molar-refractivity contribution in [3.8, 4) is 5.69 Å². The summed E-state index contributed by atoms with van der Waals surface area (Å²) in [5.41, 5.74) is 9.85. The molecule has 0 saturated heterocycles. The molecule has 3 N–H and O–H groups in total. The summed E-state index contributed by atoms with van der Waals surface area (Å²) in [6.45, 7) is 0. The predicted octanol–water partition coefficient (Wildman–Crippen LogP) is 1.80. The Kier molecular flexibility index (Phi) is 3.75. The second-order valence-corrected chi connectivity index (χ2v) is 5.20. The third-order valence-corrected chi connectivity index (χ3v) is 3.47. The molecular weight excluding hydrogens is 312 g/mol. The van der Waals surface area contributed by atoms with Gasteiger partial charge in [0.15, 0.2) is 0 Å². The van der Waals surface area contributed by atoms with Crippen LogP contribution in [0, 0.1) is 0 Å². The Morgan fingerprint density at radius 1 is 1.43 bits per heavy atom. The van der Waals surface area contributed by atoms with Gasteiger partial charge in [-0.2, -0.15) is 9.78 Å². The molecule has 0 aliphatic heterocycles. The number of hydrogen-bond acceptors (Lipinski definition) is 8. The molecule has 0 aliphatic rings. The Morgan fingerprint density at radius 2 is 2.33 bits per heavy atom. The van der Waals surface area contributed by atoms with Gasteiger partial charge in [0, 0.05) is 16.0 Å². The molecule has 0 unspecified atom stereocenters. The van der Waals surface area contributed by atoms with Crippen LogP contribution in [-0.4, -0.2) is 31.4 Å². The van der Waals surface area contributed by atoms with Crippen molar-refractivity contribution in [1.29, 1.82) is 0 Å². The molecule has 3 rings (SSSR count). The van der Waals surface area contributed by atoms with Crippen LogP contribution < -0.4 is 11.2 Å². The van der Waals surface area contributed by atoms with Gasteiger partial charge in [-0.05, 0) is 28.6 Å². The summed E-state index contributed by atoms with van der Waals surface area (Å²) in [5, 5.41) is 18.1. The van der Waals surface area contributed by atoms with E-state index in [-0.39, 0.29) is 0 Å². The number of benzene rings is 1. The minimum Gasteiger partial charge on any atom is -0.383 e. The number of thiazole rings is 1. The number of hydrogen-bond donors (Lipinski definition) is 2. The van der Waals surface area contributed by atoms with Crippen molar-refractivity contribution in [3.63, 3.8) is 0 Å². The largest absolute Gasteiger partial charge is 0.383 e. The molecule has 21 heavy (non-hydrogen) atoms. The standard InChI is InChI=1S/C11H9ClN8S/c12-8-1-2-9(20-6-15-18-19-20)7(3-8)4-14-17-11-16-10(13)5-21-11/h1-6H,13H2,(H,16,17). The number of nitrogen functional groups attached to an aromatic ring is 1. The van der Waals surface area contributed by atoms with E-state index in [2.05, 4.69) is 31.0 Å². The molecule has 0 saturated carbocycles. The Labute approximate surface area is 128 Å². The molecule has 2 heterocycles. The van der Waals surface area contributed by atoms with Crippen molar-refractivity contribution in [2.45, 2.75) is 0 Å². The van der Waals surface area contributed by atoms with Gasteiger partial charge in [0.2, 0.25) is 5.13 Å². The number of rotatable bonds is 4. The third kappa shape index (κ3) is 3.15. The average Bonchev–Trinajstić information content (AvgIpc) is 3.11. The van der Waals surface area contributed by atoms with Gasteiger partial charge in [0.05, 0.1) is 11.9 Å². The van der Waals surface area contributed by atoms with E-state index >= 15 is 0 Å². The summed E-state index contributed by atoms with van der Waals surface area (Å²) in [7, 11) is 0. The van der Waals surface area contributed by atoms with Gasteiger partial charge in [0.25, 0.3) is 0 Å². The maximum atomic E-state index is 6.01. The molecule has 1 aromatic carbocycles. The molecule has 3 aromatic rings. The Morgan fingerprint density at radius 3 is 3.05 bits per heavy atom. The summed E-state index contributed by atoms with van der Waals surface area (Å²) in [4.78, 5) is 4.04. The molecule has 0 fully saturated rings. The van der Waals surface area contributed by atoms with E-state index in [1.807, 2.05) is 0 Å². The minimum atomic E-state index is 0.454. The van der Waals surface area contributed by atoms with Crippen LogP contribution in [0.15, 0.2) is 35.0 Å². The van der Waals surface area contributed by atoms with Gasteiger partial charge in [-0.3, -0.25) is 5.43 Å². The van der Waals surface area contributed by atoms with E-state index in [0.29, 0.717) is 16.0 Å². The van der Waals surface area contributed by atoms with E-state index in [1.54, 1.807) is 29.8 Å². The number of nitrogens with two attached hydrogens (primary N) is 1. The molecular formula is C11H9ClN8S. The molecule has 2 aromatic heterocycles. The topological polar surface area (TPSA) is 107 Å². The molecule has 0 radical (unpaired) electrons. The lowest BCUT2D eigenvalue weighted by atomic mass is 10.2. The first-order valence-corrected chi connectivity index (χ1v) is 7.01. The van der Waals surface area contributed by atoms with Crippen LogP contribution in [0.4, 0.5) is 10.9 Å². The average molecular weight is 321 g/mol. The van der Waals surface area contributed by atoms with Crippen molar-refractivity contribution >= 4 is 40.1 Å². The summed E-state index contributed by atoms with van der Waals surface area (Å²) in [5.74, 6) is 0.454. The summed E-state index contributed by atoms with van der Waals surface area (Å²) in [6, 6.07) is 5.33. The van der Waals surface area contributed by atoms with E-state index in [0.717, 1.165) is 11.3 Å². The highest BCUT2D eigenvalue weighted by atomic mass is 35.5. The maximum Gasteiger partial charge on any atom is 0.205 e. The van der Waals surface area contributed by atoms with Gasteiger partial charge in [-0.25, -0.2) is 4.98 Å². The normalized spacial score (nSPS) is 11.1. The van der Waals surface area contributed by atoms with Crippen LogP contribution in [0.5, 0.6) is 0 Å². The van der Waals surface area contributed by atoms with Crippen LogP contribution in [0.1, 0.15) is 5.56 Å². The van der Waals surface area contributed by atoms with Gasteiger partial charge in [-0.15, -0.1) is 16.4 Å². The van der Waals surface area contributed by atoms with Crippen molar-refractivity contribution in [1.82, 2.24) is 25.2 Å². The van der Waals surface area contributed by atoms with Gasteiger partial charge >= 0.3 is 0 Å². The fraction of sp³-hybridized carbons (Fsp3) is 0. The predicted molar refractivity (Wildman–Crippen MR) is 81.9 cm³/mol. The molecule has 106 valence electrons. The third-order valence-electron chi connectivity index (χ3n) is 2.47. The van der Waals surface area contributed by atoms with Crippen LogP contribution in [-0.2, 0) is 0 Å². The van der Waals surface area contributed by atoms with E-state index in [9.17, 15) is 0 Å². The number of aromatic nitrogens is 5. The Balaban J connectivity index is 1.85. The fourth-order valence-corrected chi connectivity index (χ4v) is 2.33. The van der Waals surface area contributed by atoms with Gasteiger partial charge < -0.3 is 5.73 Å². The molecule has 0 spiro atoms. The second-order valence-electron chi connectivity index (χ2n) is 3.91. The highest BCUT2D eigenvalue weighted by molar-refractivity contribution is 7.14. The number of halogens is 1. The maximum absolute atomic E-state index is 6.01. The van der Waals surface area contributed by atoms with E-state index < -0.39 is 0 Å². The van der Waals surface area contributed by atoms with Gasteiger partial charge in [0.1, 0.15) is 12.1 Å². The van der Waals surface area contributed by atoms with Crippen molar-refractivity contribution in [2.24, 2.45) is 5.10 Å². The minimum absolute atomic E-state index is 0.454. The van der Waals surface area contributed by atoms with Crippen molar-refractivity contribution < 1.29 is 0 Å². The number of anilines is 2. The lowest BCUT2D eigenvalue weighted by molar-refractivity contribution is 0.788. The van der Waals surface area contributed by atoms with Crippen LogP contribution in [0.2, 0.25) is 5.02 Å². The van der Waals surface area contributed by atoms with Crippen LogP contribution in [0.3, 0.4) is 0 Å². The van der Waals surface area contributed by atoms with E-state index in [4.69, 9.17) is 17.3 Å². The summed E-state index contributed by atoms with van der Waals surface area (Å²) in [6.07, 6.45) is 3.11. The fourth-order valence-electron chi connectivity index (χ4n) is 1.60. The highest BCUT2D eigenvalue weighted by Gasteiger charge is 2.05. The quantitative estimate of drug-likeness (QED) is 0.560. The summed E-state index contributed by atoms with van der Waals surface area (Å²) < 4.78 is 1.53. The SMILES string of the molecule is Nc1csc(NN=Cc2cc(Cl)ccc2-n2cnnn2)n1. The Bertz CT molecular complexity index is 766. The Hall–Kier alpha value is -2.52. The van der Waals surface area contributed by atoms with Crippen molar-refractivity contribution in [2.75, 3.05) is 11.2 Å². The highest BCUT2D eigenvalue weighted by Crippen LogP contribution is 2.18. The first-order chi connectivity index (χ1) is 10.2. The van der Waals surface area contributed by atoms with Crippen LogP contribution >= 0.6 is 22.9 Å². The van der Waals surface area contributed by atoms with Crippen LogP contribution in [0.25, 0.3) is 5.69 Å². The first kappa shape index (κ1) is 13.5. The molecule has 0 atom stereocenters. The molecule has 0 bridgehead atoms. The number of nitrogens with one attached hydrogen (secondary N) is 1. The van der Waals surface area contributed by atoms with E-state index in [1.165, 1.54) is 22.3 Å². The lowest BCUT2D eigenvalue weighted by Gasteiger charge is -2.04. The second kappa shape index (κ2) is 5.85. The lowest BCUT2D eigenvalue weighted by Crippen LogP contribution is -2.01. The van der Waals surface area contributed by atoms with Gasteiger partial charge in [-0.1, -0.05) is 11.6 Å². The monoisotopic (exact) mass is 320 g/mol. The molecule has 8 nitrogen and oxygen atoms in total. The molecule has 10 heteroatoms. The zero-order valence-corrected chi connectivity index (χ0v) is 12.1. The molecule has 0 amide bonds. The number of nitrogens with zero attached hydrogens (tertiary/aromatic N) is 6. The zero-order valence-electron chi connectivity index (χ0n) is 10.5. The summed E-state index contributed by atoms with van der Waals surface area (Å²) >= 11 is 7.37.